The third-order valence-electron chi connectivity index (χ3n) is 6.69. The maximum Gasteiger partial charge on any atom is 0.327 e. The average molecular weight is 440 g/mol. The maximum atomic E-state index is 13.2. The van der Waals surface area contributed by atoms with E-state index in [0.29, 0.717) is 24.0 Å². The molecule has 0 radical (unpaired) electrons. The minimum atomic E-state index is -1.13. The van der Waals surface area contributed by atoms with Gasteiger partial charge in [0, 0.05) is 33.6 Å². The normalized spacial score (nSPS) is 19.0. The highest BCUT2D eigenvalue weighted by Gasteiger charge is 2.46. The summed E-state index contributed by atoms with van der Waals surface area (Å²) in [7, 11) is 0. The summed E-state index contributed by atoms with van der Waals surface area (Å²) in [6, 6.07) is 0.839. The highest BCUT2D eigenvalue weighted by molar-refractivity contribution is 6.16. The van der Waals surface area contributed by atoms with Gasteiger partial charge in [-0.2, -0.15) is 0 Å². The fraction of sp³-hybridized carbons (Fsp3) is 0.417. The quantitative estimate of drug-likeness (QED) is 0.639. The zero-order valence-corrected chi connectivity index (χ0v) is 18.7. The highest BCUT2D eigenvalue weighted by Crippen LogP contribution is 2.42. The minimum Gasteiger partial charge on any atom is -0.480 e. The van der Waals surface area contributed by atoms with Crippen LogP contribution < -0.4 is 0 Å². The van der Waals surface area contributed by atoms with Crippen molar-refractivity contribution in [1.29, 1.82) is 0 Å². The van der Waals surface area contributed by atoms with Gasteiger partial charge in [0.05, 0.1) is 0 Å². The molecule has 2 amide bonds. The van der Waals surface area contributed by atoms with E-state index in [0.717, 1.165) is 0 Å². The Morgan fingerprint density at radius 3 is 1.34 bits per heavy atom. The number of carbonyl (C=O) groups excluding carboxylic acids is 2. The first-order chi connectivity index (χ1) is 15.0. The molecule has 1 aromatic carbocycles. The summed E-state index contributed by atoms with van der Waals surface area (Å²) in [5.41, 5.74) is 1.65. The molecule has 0 aromatic heterocycles. The summed E-state index contributed by atoms with van der Waals surface area (Å²) < 4.78 is 0. The molecule has 2 aliphatic rings. The van der Waals surface area contributed by atoms with Crippen LogP contribution in [0.1, 0.15) is 72.4 Å². The molecular weight excluding hydrogens is 412 g/mol. The molecule has 32 heavy (non-hydrogen) atoms. The molecule has 0 spiro atoms. The fourth-order valence-electron chi connectivity index (χ4n) is 4.45. The molecule has 4 unspecified atom stereocenters. The van der Waals surface area contributed by atoms with Crippen molar-refractivity contribution in [2.75, 3.05) is 0 Å². The van der Waals surface area contributed by atoms with Gasteiger partial charge in [-0.1, -0.05) is 53.7 Å². The van der Waals surface area contributed by atoms with Crippen molar-refractivity contribution in [2.24, 2.45) is 11.8 Å². The van der Waals surface area contributed by atoms with Crippen LogP contribution in [-0.2, 0) is 9.59 Å². The molecule has 0 fully saturated rings. The van der Waals surface area contributed by atoms with Crippen LogP contribution >= 0.6 is 0 Å². The molecular formula is C24H28N2O6. The van der Waals surface area contributed by atoms with Crippen molar-refractivity contribution >= 4 is 35.1 Å². The number of carbonyl (C=O) groups is 4. The van der Waals surface area contributed by atoms with Crippen molar-refractivity contribution < 1.29 is 29.4 Å². The summed E-state index contributed by atoms with van der Waals surface area (Å²) in [5.74, 6) is -3.88. The molecule has 2 aliphatic heterocycles. The van der Waals surface area contributed by atoms with E-state index in [4.69, 9.17) is 0 Å². The van der Waals surface area contributed by atoms with Crippen molar-refractivity contribution in [2.45, 2.75) is 52.6 Å². The van der Waals surface area contributed by atoms with E-state index >= 15 is 0 Å². The van der Waals surface area contributed by atoms with E-state index in [1.165, 1.54) is 21.9 Å². The van der Waals surface area contributed by atoms with Crippen LogP contribution in [0.5, 0.6) is 0 Å². The van der Waals surface area contributed by atoms with E-state index in [-0.39, 0.29) is 34.4 Å². The third kappa shape index (κ3) is 3.30. The summed E-state index contributed by atoms with van der Waals surface area (Å²) in [4.78, 5) is 52.7. The van der Waals surface area contributed by atoms with Gasteiger partial charge in [0.15, 0.2) is 0 Å². The number of amides is 2. The van der Waals surface area contributed by atoms with Gasteiger partial charge in [0.25, 0.3) is 11.8 Å². The lowest BCUT2D eigenvalue weighted by Gasteiger charge is -2.30. The van der Waals surface area contributed by atoms with Gasteiger partial charge in [-0.15, -0.1) is 0 Å². The standard InChI is InChI=1S/C24H28N2O6/c1-7-11(3)19(23(29)30)25-13(5)15-9-18-16(10-17(15)21(25)27)14(6)26(22(18)28)20(24(31)32)12(4)8-2/h9-12,19-20H,5-8H2,1-4H3,(H,29,30)(H,31,32). The van der Waals surface area contributed by atoms with E-state index in [1.54, 1.807) is 13.8 Å². The second kappa shape index (κ2) is 8.26. The summed E-state index contributed by atoms with van der Waals surface area (Å²) >= 11 is 0. The molecule has 2 heterocycles. The largest absolute Gasteiger partial charge is 0.480 e. The molecule has 2 N–H and O–H groups in total. The lowest BCUT2D eigenvalue weighted by Crippen LogP contribution is -2.45. The van der Waals surface area contributed by atoms with Gasteiger partial charge < -0.3 is 10.2 Å². The number of benzene rings is 1. The molecule has 4 atom stereocenters. The molecule has 8 nitrogen and oxygen atoms in total. The first kappa shape index (κ1) is 23.2. The molecule has 170 valence electrons. The first-order valence-corrected chi connectivity index (χ1v) is 10.7. The molecule has 0 saturated carbocycles. The maximum absolute atomic E-state index is 13.2. The topological polar surface area (TPSA) is 115 Å². The number of rotatable bonds is 8. The Bertz CT molecular complexity index is 925. The van der Waals surface area contributed by atoms with Gasteiger partial charge in [0.2, 0.25) is 0 Å². The van der Waals surface area contributed by atoms with Gasteiger partial charge in [-0.05, 0) is 24.0 Å². The second-order valence-electron chi connectivity index (χ2n) is 8.52. The molecule has 0 aliphatic carbocycles. The fourth-order valence-corrected chi connectivity index (χ4v) is 4.45. The Morgan fingerprint density at radius 1 is 0.781 bits per heavy atom. The Balaban J connectivity index is 2.07. The first-order valence-electron chi connectivity index (χ1n) is 10.7. The predicted molar refractivity (Wildman–Crippen MR) is 119 cm³/mol. The number of nitrogens with zero attached hydrogens (tertiary/aromatic N) is 2. The van der Waals surface area contributed by atoms with Crippen molar-refractivity contribution in [3.05, 3.63) is 47.5 Å². The lowest BCUT2D eigenvalue weighted by molar-refractivity contribution is -0.143. The minimum absolute atomic E-state index is 0.217. The second-order valence-corrected chi connectivity index (χ2v) is 8.52. The zero-order chi connectivity index (χ0) is 24.1. The number of carboxylic acids is 2. The van der Waals surface area contributed by atoms with Gasteiger partial charge in [-0.25, -0.2) is 9.59 Å². The van der Waals surface area contributed by atoms with Gasteiger partial charge in [0.1, 0.15) is 12.1 Å². The summed E-state index contributed by atoms with van der Waals surface area (Å²) in [6.07, 6.45) is 1.11. The SMILES string of the molecule is C=C1c2cc3c(cc2C(=O)N1C(C(=O)O)C(C)CC)C(=C)N(C(C(=O)O)C(C)CC)C3=O. The number of carboxylic acid groups (broad SMARTS) is 2. The monoisotopic (exact) mass is 440 g/mol. The molecule has 3 rings (SSSR count). The number of hydrogen-bond donors (Lipinski definition) is 2. The van der Waals surface area contributed by atoms with Crippen LogP contribution in [0.4, 0.5) is 0 Å². The summed E-state index contributed by atoms with van der Waals surface area (Å²) in [5, 5.41) is 19.5. The van der Waals surface area contributed by atoms with Crippen molar-refractivity contribution in [1.82, 2.24) is 9.80 Å². The predicted octanol–water partition coefficient (Wildman–Crippen LogP) is 3.54. The number of aliphatic carboxylic acids is 2. The van der Waals surface area contributed by atoms with E-state index < -0.39 is 35.8 Å². The Morgan fingerprint density at radius 2 is 1.09 bits per heavy atom. The number of fused-ring (bicyclic) bond motifs is 2. The Labute approximate surface area is 186 Å². The van der Waals surface area contributed by atoms with Crippen LogP contribution in [0, 0.1) is 11.8 Å². The average Bonchev–Trinajstić information content (AvgIpc) is 3.12. The molecule has 1 aromatic rings. The van der Waals surface area contributed by atoms with E-state index in [1.807, 2.05) is 13.8 Å². The number of hydrogen-bond acceptors (Lipinski definition) is 4. The Hall–Kier alpha value is -3.42. The molecule has 8 heteroatoms. The van der Waals surface area contributed by atoms with Gasteiger partial charge >= 0.3 is 11.9 Å². The van der Waals surface area contributed by atoms with Gasteiger partial charge in [-0.3, -0.25) is 19.4 Å². The lowest BCUT2D eigenvalue weighted by atomic mass is 9.97. The molecule has 0 saturated heterocycles. The van der Waals surface area contributed by atoms with Crippen molar-refractivity contribution in [3.8, 4) is 0 Å². The van der Waals surface area contributed by atoms with Crippen LogP contribution in [0.15, 0.2) is 25.3 Å². The van der Waals surface area contributed by atoms with E-state index in [9.17, 15) is 29.4 Å². The third-order valence-corrected chi connectivity index (χ3v) is 6.69. The summed E-state index contributed by atoms with van der Waals surface area (Å²) in [6.45, 7) is 15.1. The van der Waals surface area contributed by atoms with E-state index in [2.05, 4.69) is 13.2 Å². The van der Waals surface area contributed by atoms with Crippen LogP contribution in [0.25, 0.3) is 11.4 Å². The molecule has 0 bridgehead atoms. The highest BCUT2D eigenvalue weighted by atomic mass is 16.4. The smallest absolute Gasteiger partial charge is 0.327 e. The van der Waals surface area contributed by atoms with Crippen molar-refractivity contribution in [3.63, 3.8) is 0 Å². The zero-order valence-electron chi connectivity index (χ0n) is 18.7. The Kier molecular flexibility index (Phi) is 6.00. The van der Waals surface area contributed by atoms with Crippen LogP contribution in [-0.4, -0.2) is 55.8 Å². The van der Waals surface area contributed by atoms with Crippen LogP contribution in [0.2, 0.25) is 0 Å². The van der Waals surface area contributed by atoms with Crippen LogP contribution in [0.3, 0.4) is 0 Å².